The van der Waals surface area contributed by atoms with E-state index in [2.05, 4.69) is 15.7 Å². The van der Waals surface area contributed by atoms with Gasteiger partial charge in [0.2, 0.25) is 0 Å². The number of nitrogens with one attached hydrogen (secondary N) is 1. The average molecular weight is 475 g/mol. The second-order valence-corrected chi connectivity index (χ2v) is 9.74. The van der Waals surface area contributed by atoms with E-state index in [9.17, 15) is 14.3 Å². The number of amides is 1. The molecule has 0 heterocycles. The van der Waals surface area contributed by atoms with Gasteiger partial charge in [0.25, 0.3) is 0 Å². The van der Waals surface area contributed by atoms with Crippen LogP contribution in [0, 0.1) is 11.3 Å². The van der Waals surface area contributed by atoms with Crippen LogP contribution in [0.5, 0.6) is 11.5 Å². The number of nitrogens with zero attached hydrogens (tertiary/aromatic N) is 3. The van der Waals surface area contributed by atoms with Gasteiger partial charge in [0, 0.05) is 22.8 Å². The van der Waals surface area contributed by atoms with E-state index < -0.39 is 15.8 Å². The van der Waals surface area contributed by atoms with E-state index >= 15 is 0 Å². The largest absolute Gasteiger partial charge is 0.493 e. The topological polar surface area (TPSA) is 113 Å². The summed E-state index contributed by atoms with van der Waals surface area (Å²) in [6, 6.07) is 12.4. The lowest BCUT2D eigenvalue weighted by molar-refractivity contribution is 0.164. The van der Waals surface area contributed by atoms with Gasteiger partial charge in [0.1, 0.15) is 12.7 Å². The SMILES string of the molecule is CCOC(=O)N=S(=O)(CC)c1cccc(COc2cc(NCN(C)C)c(C#N)cc2OC)c1. The van der Waals surface area contributed by atoms with Crippen molar-refractivity contribution in [2.75, 3.05) is 45.6 Å². The van der Waals surface area contributed by atoms with Gasteiger partial charge in [0.05, 0.1) is 41.4 Å². The summed E-state index contributed by atoms with van der Waals surface area (Å²) in [5, 5.41) is 12.7. The first kappa shape index (κ1) is 26.0. The maximum absolute atomic E-state index is 13.2. The molecule has 178 valence electrons. The molecule has 9 nitrogen and oxygen atoms in total. The Morgan fingerprint density at radius 3 is 2.58 bits per heavy atom. The minimum absolute atomic E-state index is 0.155. The van der Waals surface area contributed by atoms with Crippen molar-refractivity contribution in [2.45, 2.75) is 25.3 Å². The number of hydrogen-bond acceptors (Lipinski definition) is 8. The molecule has 33 heavy (non-hydrogen) atoms. The fourth-order valence-corrected chi connectivity index (χ4v) is 4.35. The summed E-state index contributed by atoms with van der Waals surface area (Å²) >= 11 is 0. The highest BCUT2D eigenvalue weighted by atomic mass is 32.2. The minimum atomic E-state index is -2.96. The molecule has 0 radical (unpaired) electrons. The number of hydrogen-bond donors (Lipinski definition) is 1. The van der Waals surface area contributed by atoms with Crippen LogP contribution >= 0.6 is 0 Å². The molecule has 2 aromatic carbocycles. The average Bonchev–Trinajstić information content (AvgIpc) is 2.81. The molecular weight excluding hydrogens is 444 g/mol. The van der Waals surface area contributed by atoms with Crippen molar-refractivity contribution >= 4 is 21.5 Å². The van der Waals surface area contributed by atoms with Gasteiger partial charge >= 0.3 is 6.09 Å². The van der Waals surface area contributed by atoms with Gasteiger partial charge in [0.15, 0.2) is 11.5 Å². The van der Waals surface area contributed by atoms with Crippen molar-refractivity contribution in [3.05, 3.63) is 47.5 Å². The molecule has 0 saturated heterocycles. The Morgan fingerprint density at radius 1 is 1.21 bits per heavy atom. The van der Waals surface area contributed by atoms with E-state index in [1.165, 1.54) is 7.11 Å². The Morgan fingerprint density at radius 2 is 1.97 bits per heavy atom. The highest BCUT2D eigenvalue weighted by Gasteiger charge is 2.16. The molecule has 0 aliphatic rings. The maximum Gasteiger partial charge on any atom is 0.442 e. The molecule has 1 amide bonds. The van der Waals surface area contributed by atoms with E-state index in [0.717, 1.165) is 5.56 Å². The lowest BCUT2D eigenvalue weighted by atomic mass is 10.1. The Hall–Kier alpha value is -3.29. The molecular formula is C23H30N4O5S. The van der Waals surface area contributed by atoms with E-state index in [0.29, 0.717) is 34.3 Å². The highest BCUT2D eigenvalue weighted by molar-refractivity contribution is 7.93. The lowest BCUT2D eigenvalue weighted by Gasteiger charge is -2.17. The predicted octanol–water partition coefficient (Wildman–Crippen LogP) is 4.08. The molecule has 10 heteroatoms. The quantitative estimate of drug-likeness (QED) is 0.513. The highest BCUT2D eigenvalue weighted by Crippen LogP contribution is 2.34. The number of nitriles is 1. The molecule has 1 atom stereocenters. The standard InChI is InChI=1S/C23H30N4O5S/c1-6-31-23(28)26-33(29,7-2)19-10-8-9-17(11-19)15-32-22-13-20(25-16-27(3)4)18(14-24)12-21(22)30-5/h8-13,25H,6-7,15-16H2,1-5H3. The van der Waals surface area contributed by atoms with Crippen LogP contribution < -0.4 is 14.8 Å². The van der Waals surface area contributed by atoms with Crippen molar-refractivity contribution in [3.8, 4) is 17.6 Å². The number of benzene rings is 2. The third kappa shape index (κ3) is 7.10. The Bertz CT molecular complexity index is 1130. The number of rotatable bonds is 10. The number of carbonyl (C=O) groups excluding carboxylic acids is 1. The summed E-state index contributed by atoms with van der Waals surface area (Å²) < 4.78 is 33.2. The second kappa shape index (κ2) is 12.1. The van der Waals surface area contributed by atoms with Crippen LogP contribution in [0.15, 0.2) is 45.7 Å². The van der Waals surface area contributed by atoms with Gasteiger partial charge in [-0.3, -0.25) is 4.90 Å². The summed E-state index contributed by atoms with van der Waals surface area (Å²) in [7, 11) is 2.37. The zero-order valence-corrected chi connectivity index (χ0v) is 20.4. The fourth-order valence-electron chi connectivity index (χ4n) is 2.86. The van der Waals surface area contributed by atoms with Gasteiger partial charge in [-0.1, -0.05) is 19.1 Å². The van der Waals surface area contributed by atoms with Crippen molar-refractivity contribution in [3.63, 3.8) is 0 Å². The summed E-state index contributed by atoms with van der Waals surface area (Å²) in [5.41, 5.74) is 1.80. The summed E-state index contributed by atoms with van der Waals surface area (Å²) in [5.74, 6) is 1.05. The molecule has 0 fully saturated rings. The van der Waals surface area contributed by atoms with Crippen molar-refractivity contribution in [2.24, 2.45) is 4.36 Å². The molecule has 0 aliphatic carbocycles. The molecule has 2 aromatic rings. The van der Waals surface area contributed by atoms with Crippen LogP contribution in [0.25, 0.3) is 0 Å². The molecule has 0 aromatic heterocycles. The van der Waals surface area contributed by atoms with Crippen molar-refractivity contribution in [1.29, 1.82) is 5.26 Å². The Kier molecular flexibility index (Phi) is 9.51. The minimum Gasteiger partial charge on any atom is -0.493 e. The molecule has 1 N–H and O–H groups in total. The van der Waals surface area contributed by atoms with Crippen LogP contribution in [0.4, 0.5) is 10.5 Å². The van der Waals surface area contributed by atoms with Gasteiger partial charge in [-0.15, -0.1) is 4.36 Å². The van der Waals surface area contributed by atoms with Crippen LogP contribution in [0.2, 0.25) is 0 Å². The first-order chi connectivity index (χ1) is 15.8. The number of anilines is 1. The number of carbonyl (C=O) groups is 1. The van der Waals surface area contributed by atoms with Gasteiger partial charge in [-0.05, 0) is 38.7 Å². The third-order valence-electron chi connectivity index (χ3n) is 4.55. The lowest BCUT2D eigenvalue weighted by Crippen LogP contribution is -2.20. The monoisotopic (exact) mass is 474 g/mol. The number of methoxy groups -OCH3 is 1. The van der Waals surface area contributed by atoms with Crippen LogP contribution in [0.1, 0.15) is 25.0 Å². The fraction of sp³-hybridized carbons (Fsp3) is 0.391. The first-order valence-electron chi connectivity index (χ1n) is 10.4. The van der Waals surface area contributed by atoms with Gasteiger partial charge in [-0.2, -0.15) is 5.26 Å². The van der Waals surface area contributed by atoms with Crippen molar-refractivity contribution < 1.29 is 23.2 Å². The second-order valence-electron chi connectivity index (χ2n) is 7.23. The molecule has 0 spiro atoms. The smallest absolute Gasteiger partial charge is 0.442 e. The Balaban J connectivity index is 2.31. The molecule has 0 aliphatic heterocycles. The maximum atomic E-state index is 13.2. The Labute approximate surface area is 195 Å². The number of ether oxygens (including phenoxy) is 3. The molecule has 2 rings (SSSR count). The normalized spacial score (nSPS) is 12.4. The molecule has 1 unspecified atom stereocenters. The summed E-state index contributed by atoms with van der Waals surface area (Å²) in [6.45, 7) is 4.23. The van der Waals surface area contributed by atoms with E-state index in [1.807, 2.05) is 25.1 Å². The first-order valence-corrected chi connectivity index (χ1v) is 12.1. The zero-order valence-electron chi connectivity index (χ0n) is 19.6. The summed E-state index contributed by atoms with van der Waals surface area (Å²) in [4.78, 5) is 14.2. The van der Waals surface area contributed by atoms with E-state index in [4.69, 9.17) is 14.2 Å². The summed E-state index contributed by atoms with van der Waals surface area (Å²) in [6.07, 6.45) is -0.842. The van der Waals surface area contributed by atoms with E-state index in [1.54, 1.807) is 44.2 Å². The predicted molar refractivity (Wildman–Crippen MR) is 127 cm³/mol. The van der Waals surface area contributed by atoms with Gasteiger partial charge in [-0.25, -0.2) is 9.00 Å². The molecule has 0 saturated carbocycles. The van der Waals surface area contributed by atoms with Crippen LogP contribution in [-0.2, 0) is 21.1 Å². The van der Waals surface area contributed by atoms with Gasteiger partial charge < -0.3 is 19.5 Å². The zero-order chi connectivity index (χ0) is 24.4. The third-order valence-corrected chi connectivity index (χ3v) is 6.77. The van der Waals surface area contributed by atoms with Crippen molar-refractivity contribution in [1.82, 2.24) is 4.90 Å². The van der Waals surface area contributed by atoms with Crippen LogP contribution in [-0.4, -0.2) is 55.4 Å². The van der Waals surface area contributed by atoms with Crippen LogP contribution in [0.3, 0.4) is 0 Å². The van der Waals surface area contributed by atoms with E-state index in [-0.39, 0.29) is 19.0 Å². The molecule has 0 bridgehead atoms.